The zero-order valence-corrected chi connectivity index (χ0v) is 18.5. The van der Waals surface area contributed by atoms with Gasteiger partial charge in [0.05, 0.1) is 6.54 Å². The maximum Gasteiger partial charge on any atom is 0.647 e. The molecule has 166 valence electrons. The average molecular weight is 460 g/mol. The Morgan fingerprint density at radius 2 is 1.39 bits per heavy atom. The van der Waals surface area contributed by atoms with Crippen molar-refractivity contribution >= 4 is 13.6 Å². The third kappa shape index (κ3) is 5.10. The fourth-order valence-corrected chi connectivity index (χ4v) is 4.61. The SMILES string of the molecule is O=P(Oc1ccccc1)(Oc1ccccc1)Oc1ccc2c(c1)CN(c1ccccn1)CO2. The lowest BCUT2D eigenvalue weighted by Gasteiger charge is -2.30. The minimum atomic E-state index is -4.06. The monoisotopic (exact) mass is 460 g/mol. The molecule has 0 fully saturated rings. The smallest absolute Gasteiger partial charge is 0.473 e. The van der Waals surface area contributed by atoms with Gasteiger partial charge < -0.3 is 23.2 Å². The normalized spacial score (nSPS) is 12.9. The number of rotatable bonds is 7. The Morgan fingerprint density at radius 3 is 2.03 bits per heavy atom. The van der Waals surface area contributed by atoms with Crippen molar-refractivity contribution in [3.8, 4) is 23.0 Å². The van der Waals surface area contributed by atoms with Crippen LogP contribution in [0.2, 0.25) is 0 Å². The van der Waals surface area contributed by atoms with Crippen molar-refractivity contribution in [3.05, 3.63) is 109 Å². The average Bonchev–Trinajstić information content (AvgIpc) is 2.85. The Labute approximate surface area is 191 Å². The van der Waals surface area contributed by atoms with E-state index in [1.54, 1.807) is 72.9 Å². The van der Waals surface area contributed by atoms with E-state index in [2.05, 4.69) is 4.98 Å². The van der Waals surface area contributed by atoms with E-state index in [4.69, 9.17) is 18.3 Å². The summed E-state index contributed by atoms with van der Waals surface area (Å²) in [5, 5.41) is 0. The van der Waals surface area contributed by atoms with Gasteiger partial charge in [0, 0.05) is 11.8 Å². The van der Waals surface area contributed by atoms with Gasteiger partial charge in [0.15, 0.2) is 6.73 Å². The van der Waals surface area contributed by atoms with Crippen molar-refractivity contribution in [2.24, 2.45) is 0 Å². The van der Waals surface area contributed by atoms with Crippen molar-refractivity contribution in [2.45, 2.75) is 6.54 Å². The first kappa shape index (κ1) is 20.9. The molecule has 7 nitrogen and oxygen atoms in total. The highest BCUT2D eigenvalue weighted by Gasteiger charge is 2.33. The molecule has 0 N–H and O–H groups in total. The minimum Gasteiger partial charge on any atom is -0.473 e. The maximum absolute atomic E-state index is 13.7. The number of ether oxygens (including phenoxy) is 1. The lowest BCUT2D eigenvalue weighted by Crippen LogP contribution is -2.32. The van der Waals surface area contributed by atoms with Crippen molar-refractivity contribution in [2.75, 3.05) is 11.6 Å². The third-order valence-electron chi connectivity index (χ3n) is 4.88. The standard InChI is InChI=1S/C25H21N2O5P/c28-33(30-21-9-3-1-4-10-21,31-22-11-5-2-6-12-22)32-23-14-15-24-20(17-23)18-27(19-29-24)25-13-7-8-16-26-25/h1-17H,18-19H2. The summed E-state index contributed by atoms with van der Waals surface area (Å²) in [5.74, 6) is 2.63. The molecule has 0 saturated heterocycles. The molecular weight excluding hydrogens is 439 g/mol. The second kappa shape index (κ2) is 9.27. The number of fused-ring (bicyclic) bond motifs is 1. The van der Waals surface area contributed by atoms with Gasteiger partial charge in [0.25, 0.3) is 0 Å². The molecular formula is C25H21N2O5P. The molecule has 0 amide bonds. The second-order valence-corrected chi connectivity index (χ2v) is 8.72. The van der Waals surface area contributed by atoms with Crippen LogP contribution < -0.4 is 23.2 Å². The Kier molecular flexibility index (Phi) is 5.87. The second-order valence-electron chi connectivity index (χ2n) is 7.28. The highest BCUT2D eigenvalue weighted by atomic mass is 31.2. The highest BCUT2D eigenvalue weighted by molar-refractivity contribution is 7.49. The predicted molar refractivity (Wildman–Crippen MR) is 125 cm³/mol. The number of hydrogen-bond donors (Lipinski definition) is 0. The van der Waals surface area contributed by atoms with Gasteiger partial charge in [-0.15, -0.1) is 0 Å². The highest BCUT2D eigenvalue weighted by Crippen LogP contribution is 2.50. The van der Waals surface area contributed by atoms with Gasteiger partial charge in [-0.2, -0.15) is 4.57 Å². The first-order valence-corrected chi connectivity index (χ1v) is 11.8. The van der Waals surface area contributed by atoms with E-state index in [0.717, 1.165) is 17.1 Å². The molecule has 1 aliphatic rings. The predicted octanol–water partition coefficient (Wildman–Crippen LogP) is 6.08. The Balaban J connectivity index is 1.40. The van der Waals surface area contributed by atoms with Gasteiger partial charge in [-0.05, 0) is 54.6 Å². The van der Waals surface area contributed by atoms with Crippen LogP contribution in [0, 0.1) is 0 Å². The van der Waals surface area contributed by atoms with Crippen LogP contribution >= 0.6 is 7.82 Å². The van der Waals surface area contributed by atoms with Gasteiger partial charge in [-0.3, -0.25) is 0 Å². The fourth-order valence-electron chi connectivity index (χ4n) is 3.37. The molecule has 0 bridgehead atoms. The largest absolute Gasteiger partial charge is 0.647 e. The number of phosphoric acid groups is 1. The third-order valence-corrected chi connectivity index (χ3v) is 6.18. The number of benzene rings is 3. The van der Waals surface area contributed by atoms with E-state index in [1.165, 1.54) is 0 Å². The van der Waals surface area contributed by atoms with Crippen molar-refractivity contribution in [1.29, 1.82) is 0 Å². The van der Waals surface area contributed by atoms with Crippen molar-refractivity contribution in [3.63, 3.8) is 0 Å². The lowest BCUT2D eigenvalue weighted by molar-refractivity contribution is 0.284. The minimum absolute atomic E-state index is 0.343. The maximum atomic E-state index is 13.7. The van der Waals surface area contributed by atoms with E-state index in [9.17, 15) is 4.57 Å². The summed E-state index contributed by atoms with van der Waals surface area (Å²) in [5.41, 5.74) is 0.871. The van der Waals surface area contributed by atoms with E-state index < -0.39 is 7.82 Å². The van der Waals surface area contributed by atoms with Crippen LogP contribution in [-0.2, 0) is 11.1 Å². The molecule has 0 unspecified atom stereocenters. The molecule has 5 rings (SSSR count). The summed E-state index contributed by atoms with van der Waals surface area (Å²) < 4.78 is 36.8. The molecule has 4 aromatic rings. The molecule has 0 aliphatic carbocycles. The molecule has 33 heavy (non-hydrogen) atoms. The van der Waals surface area contributed by atoms with Gasteiger partial charge in [-0.25, -0.2) is 4.98 Å². The number of phosphoric ester groups is 1. The van der Waals surface area contributed by atoms with Gasteiger partial charge in [-0.1, -0.05) is 42.5 Å². The van der Waals surface area contributed by atoms with Gasteiger partial charge in [0.2, 0.25) is 0 Å². The molecule has 1 aromatic heterocycles. The number of nitrogens with zero attached hydrogens (tertiary/aromatic N) is 2. The van der Waals surface area contributed by atoms with Crippen LogP contribution in [0.1, 0.15) is 5.56 Å². The van der Waals surface area contributed by atoms with E-state index in [1.807, 2.05) is 35.2 Å². The van der Waals surface area contributed by atoms with E-state index in [0.29, 0.717) is 30.5 Å². The van der Waals surface area contributed by atoms with Crippen LogP contribution in [0.5, 0.6) is 23.0 Å². The topological polar surface area (TPSA) is 70.1 Å². The van der Waals surface area contributed by atoms with Crippen LogP contribution in [0.25, 0.3) is 0 Å². The molecule has 2 heterocycles. The van der Waals surface area contributed by atoms with Crippen LogP contribution in [0.15, 0.2) is 103 Å². The first-order valence-electron chi connectivity index (χ1n) is 10.4. The first-order chi connectivity index (χ1) is 16.2. The van der Waals surface area contributed by atoms with Gasteiger partial charge >= 0.3 is 7.82 Å². The van der Waals surface area contributed by atoms with Crippen LogP contribution in [0.3, 0.4) is 0 Å². The molecule has 0 saturated carbocycles. The molecule has 0 spiro atoms. The summed E-state index contributed by atoms with van der Waals surface area (Å²) in [7, 11) is -4.06. The van der Waals surface area contributed by atoms with Crippen LogP contribution in [0.4, 0.5) is 5.82 Å². The Bertz CT molecular complexity index is 1210. The summed E-state index contributed by atoms with van der Waals surface area (Å²) in [4.78, 5) is 6.37. The Hall–Kier alpha value is -3.96. The van der Waals surface area contributed by atoms with E-state index in [-0.39, 0.29) is 0 Å². The Morgan fingerprint density at radius 1 is 0.758 bits per heavy atom. The summed E-state index contributed by atoms with van der Waals surface area (Å²) in [6.07, 6.45) is 1.74. The number of para-hydroxylation sites is 2. The number of hydrogen-bond acceptors (Lipinski definition) is 7. The molecule has 8 heteroatoms. The number of aromatic nitrogens is 1. The van der Waals surface area contributed by atoms with Gasteiger partial charge in [0.1, 0.15) is 28.8 Å². The summed E-state index contributed by atoms with van der Waals surface area (Å²) >= 11 is 0. The van der Waals surface area contributed by atoms with Crippen molar-refractivity contribution in [1.82, 2.24) is 4.98 Å². The molecule has 1 aliphatic heterocycles. The summed E-state index contributed by atoms with van der Waals surface area (Å²) in [6.45, 7) is 0.948. The molecule has 3 aromatic carbocycles. The molecule has 0 radical (unpaired) electrons. The summed E-state index contributed by atoms with van der Waals surface area (Å²) in [6, 6.07) is 28.5. The van der Waals surface area contributed by atoms with E-state index >= 15 is 0 Å². The lowest BCUT2D eigenvalue weighted by atomic mass is 10.1. The zero-order valence-electron chi connectivity index (χ0n) is 17.6. The number of pyridine rings is 1. The molecule has 0 atom stereocenters. The zero-order chi connectivity index (χ0) is 22.5. The van der Waals surface area contributed by atoms with Crippen LogP contribution in [-0.4, -0.2) is 11.7 Å². The fraction of sp³-hybridized carbons (Fsp3) is 0.0800. The van der Waals surface area contributed by atoms with Crippen molar-refractivity contribution < 1.29 is 22.9 Å². The number of anilines is 1. The quantitative estimate of drug-likeness (QED) is 0.310.